The number of halogens is 1. The first kappa shape index (κ1) is 29.5. The molecule has 0 saturated heterocycles. The van der Waals surface area contributed by atoms with Crippen molar-refractivity contribution in [2.75, 3.05) is 0 Å². The zero-order chi connectivity index (χ0) is 52.4. The van der Waals surface area contributed by atoms with Crippen molar-refractivity contribution in [1.29, 1.82) is 0 Å². The van der Waals surface area contributed by atoms with Crippen LogP contribution in [0.25, 0.3) is 66.8 Å². The number of pyridine rings is 3. The minimum atomic E-state index is -3.15. The quantitative estimate of drug-likeness (QED) is 0.108. The van der Waals surface area contributed by atoms with E-state index in [9.17, 15) is 16.4 Å². The van der Waals surface area contributed by atoms with E-state index in [0.29, 0.717) is 55.6 Å². The van der Waals surface area contributed by atoms with Gasteiger partial charge >= 0.3 is 20.1 Å². The molecule has 0 radical (unpaired) electrons. The van der Waals surface area contributed by atoms with Gasteiger partial charge in [-0.1, -0.05) is 95.9 Å². The van der Waals surface area contributed by atoms with E-state index in [4.69, 9.17) is 4.42 Å². The first-order valence-corrected chi connectivity index (χ1v) is 19.8. The number of aryl methyl sites for hydroxylation is 6. The average Bonchev–Trinajstić information content (AvgIpc) is 3.80. The molecule has 0 spiro atoms. The van der Waals surface area contributed by atoms with E-state index in [0.717, 1.165) is 24.4 Å². The molecule has 63 heavy (non-hydrogen) atoms. The molecule has 0 saturated carbocycles. The zero-order valence-corrected chi connectivity index (χ0v) is 35.6. The van der Waals surface area contributed by atoms with E-state index < -0.39 is 60.7 Å². The van der Waals surface area contributed by atoms with Crippen LogP contribution in [0.5, 0.6) is 0 Å². The number of furan rings is 1. The first-order valence-electron chi connectivity index (χ1n) is 25.8. The maximum absolute atomic E-state index is 15.4. The predicted octanol–water partition coefficient (Wildman–Crippen LogP) is 13.3. The van der Waals surface area contributed by atoms with Gasteiger partial charge in [-0.15, -0.1) is 90.0 Å². The van der Waals surface area contributed by atoms with Gasteiger partial charge in [0.05, 0.1) is 11.1 Å². The Labute approximate surface area is 397 Å². The molecule has 10 aromatic rings. The summed E-state index contributed by atoms with van der Waals surface area (Å²) in [7, 11) is 0. The van der Waals surface area contributed by atoms with Gasteiger partial charge in [0.25, 0.3) is 0 Å². The summed E-state index contributed by atoms with van der Waals surface area (Å²) in [5, 5.41) is 1.28. The van der Waals surface area contributed by atoms with Crippen LogP contribution in [0.2, 0.25) is 0 Å². The summed E-state index contributed by atoms with van der Waals surface area (Å²) < 4.78 is 134. The van der Waals surface area contributed by atoms with Crippen LogP contribution in [0, 0.1) is 24.0 Å². The molecule has 0 amide bonds. The van der Waals surface area contributed by atoms with Crippen molar-refractivity contribution in [3.8, 4) is 44.9 Å². The molecule has 0 N–H and O–H groups in total. The Kier molecular flexibility index (Phi) is 8.90. The van der Waals surface area contributed by atoms with Crippen molar-refractivity contribution in [3.05, 3.63) is 234 Å². The van der Waals surface area contributed by atoms with E-state index in [1.807, 2.05) is 6.07 Å². The number of benzene rings is 6. The molecule has 0 aliphatic rings. The van der Waals surface area contributed by atoms with Crippen LogP contribution in [-0.4, -0.2) is 15.0 Å². The van der Waals surface area contributed by atoms with Crippen LogP contribution in [0.15, 0.2) is 181 Å². The second-order valence-corrected chi connectivity index (χ2v) is 14.3. The van der Waals surface area contributed by atoms with Gasteiger partial charge in [0.2, 0.25) is 0 Å². The summed E-state index contributed by atoms with van der Waals surface area (Å²) in [6.45, 7) is 0. The summed E-state index contributed by atoms with van der Waals surface area (Å²) in [5.41, 5.74) is 1.74. The molecule has 0 aliphatic carbocycles. The molecule has 6 aromatic carbocycles. The zero-order valence-electron chi connectivity index (χ0n) is 45.2. The predicted molar refractivity (Wildman–Crippen MR) is 247 cm³/mol. The number of nitrogens with zero attached hydrogens (tertiary/aromatic N) is 3. The Bertz CT molecular complexity index is 3550. The molecular formula is C57H41FIrN3O. The van der Waals surface area contributed by atoms with E-state index in [-0.39, 0.29) is 48.1 Å². The standard InChI is InChI=1S/C57H41FN3O.Ir/c58-51-29-28-49-48-17-10-18-50(56(48)62-57(49)55(51)47-15-8-3-9-16-47)54-32-27-41(38-61-54)21-24-44-34-42(22-19-39-25-30-52(59-36-39)45-11-4-1-5-12-45)33-43(35-44)23-20-40-26-31-53(60-37-40)46-13-6-2-7-14-46;/h1-11,13,15-17,25-38H,19-24H2;/q-3;+3/i19D2,20D2,21D2,22D2,23D2,24D2;. The molecule has 4 nitrogen and oxygen atoms in total. The van der Waals surface area contributed by atoms with E-state index in [1.54, 1.807) is 91.0 Å². The number of rotatable bonds is 13. The van der Waals surface area contributed by atoms with Crippen LogP contribution < -0.4 is 0 Å². The third-order valence-electron chi connectivity index (χ3n) is 10.1. The number of hydrogen-bond donors (Lipinski definition) is 0. The molecule has 0 fully saturated rings. The molecule has 306 valence electrons. The molecule has 6 heteroatoms. The second-order valence-electron chi connectivity index (χ2n) is 14.3. The van der Waals surface area contributed by atoms with Gasteiger partial charge in [0.15, 0.2) is 0 Å². The van der Waals surface area contributed by atoms with Gasteiger partial charge in [0.1, 0.15) is 11.4 Å². The smallest absolute Gasteiger partial charge is 0.500 e. The number of hydrogen-bond acceptors (Lipinski definition) is 4. The average molecular weight is 1010 g/mol. The molecule has 0 bridgehead atoms. The second kappa shape index (κ2) is 19.0. The minimum absolute atomic E-state index is 0. The van der Waals surface area contributed by atoms with Crippen LogP contribution in [-0.2, 0) is 58.3 Å². The van der Waals surface area contributed by atoms with Crippen molar-refractivity contribution in [3.63, 3.8) is 0 Å². The largest absolute Gasteiger partial charge is 3.00 e. The summed E-state index contributed by atoms with van der Waals surface area (Å²) in [6.07, 6.45) is -14.8. The van der Waals surface area contributed by atoms with Crippen molar-refractivity contribution in [2.45, 2.75) is 38.2 Å². The van der Waals surface area contributed by atoms with Crippen molar-refractivity contribution < 1.29 is 45.4 Å². The van der Waals surface area contributed by atoms with E-state index in [1.165, 1.54) is 54.9 Å². The Morgan fingerprint density at radius 3 is 1.44 bits per heavy atom. The monoisotopic (exact) mass is 1010 g/mol. The van der Waals surface area contributed by atoms with Gasteiger partial charge in [-0.25, -0.2) is 4.39 Å². The summed E-state index contributed by atoms with van der Waals surface area (Å²) in [6, 6.07) is 49.9. The van der Waals surface area contributed by atoms with E-state index in [2.05, 4.69) is 33.2 Å². The number of fused-ring (bicyclic) bond motifs is 3. The molecule has 10 rings (SSSR count). The SMILES string of the molecule is [2H]C([2H])(c1ccc(-c2[c-]cccc2)nc1)C([2H])([2H])c1cc(C([2H])([2H])C([2H])([2H])c2ccc(-c3[c-]cccc3)nc2)cc(C([2H])([2H])C([2H])([2H])c2ccc(-c3[c-]ccc4c3oc3c(-c5ccccc5)c(F)ccc34)nc2)c1.[Ir+3]. The topological polar surface area (TPSA) is 51.8 Å². The Morgan fingerprint density at radius 2 is 0.952 bits per heavy atom. The van der Waals surface area contributed by atoms with Crippen LogP contribution >= 0.6 is 0 Å². The van der Waals surface area contributed by atoms with Crippen LogP contribution in [0.3, 0.4) is 0 Å². The van der Waals surface area contributed by atoms with E-state index >= 15 is 4.39 Å². The molecule has 0 aliphatic heterocycles. The minimum Gasteiger partial charge on any atom is -0.500 e. The normalized spacial score (nSPS) is 15.4. The number of aromatic nitrogens is 3. The summed E-state index contributed by atoms with van der Waals surface area (Å²) >= 11 is 0. The van der Waals surface area contributed by atoms with Gasteiger partial charge in [-0.05, 0) is 106 Å². The molecule has 4 aromatic heterocycles. The van der Waals surface area contributed by atoms with Gasteiger partial charge in [-0.3, -0.25) is 0 Å². The van der Waals surface area contributed by atoms with Crippen molar-refractivity contribution in [1.82, 2.24) is 15.0 Å². The molecule has 0 atom stereocenters. The third kappa shape index (κ3) is 9.34. The summed E-state index contributed by atoms with van der Waals surface area (Å²) in [5.74, 6) is -0.482. The Balaban J connectivity index is 0.00000689. The Hall–Kier alpha value is -6.85. The van der Waals surface area contributed by atoms with Crippen molar-refractivity contribution in [2.24, 2.45) is 0 Å². The molecule has 4 heterocycles. The molecular weight excluding hydrogens is 954 g/mol. The van der Waals surface area contributed by atoms with Gasteiger partial charge < -0.3 is 19.4 Å². The van der Waals surface area contributed by atoms with Crippen LogP contribution in [0.4, 0.5) is 4.39 Å². The van der Waals surface area contributed by atoms with Crippen LogP contribution in [0.1, 0.15) is 49.8 Å². The van der Waals surface area contributed by atoms with Gasteiger partial charge in [-0.2, -0.15) is 0 Å². The fourth-order valence-corrected chi connectivity index (χ4v) is 7.10. The Morgan fingerprint density at radius 1 is 0.460 bits per heavy atom. The van der Waals surface area contributed by atoms with Gasteiger partial charge in [0, 0.05) is 40.4 Å². The maximum Gasteiger partial charge on any atom is 3.00 e. The van der Waals surface area contributed by atoms with Crippen molar-refractivity contribution >= 4 is 21.9 Å². The molecule has 0 unspecified atom stereocenters. The summed E-state index contributed by atoms with van der Waals surface area (Å²) in [4.78, 5) is 13.3. The fraction of sp³-hybridized carbons (Fsp3) is 0.105. The third-order valence-corrected chi connectivity index (χ3v) is 10.1. The first-order chi connectivity index (χ1) is 35.1. The maximum atomic E-state index is 15.4. The fourth-order valence-electron chi connectivity index (χ4n) is 7.10.